The minimum Gasteiger partial charge on any atom is -0.397 e. The summed E-state index contributed by atoms with van der Waals surface area (Å²) in [5.74, 6) is 0. The van der Waals surface area contributed by atoms with Crippen molar-refractivity contribution in [3.8, 4) is 0 Å². The van der Waals surface area contributed by atoms with E-state index in [-0.39, 0.29) is 4.90 Å². The first-order chi connectivity index (χ1) is 9.99. The minimum atomic E-state index is -3.47. The summed E-state index contributed by atoms with van der Waals surface area (Å²) in [6, 6.07) is 5.28. The number of hydrogen-bond donors (Lipinski definition) is 2. The SMILES string of the molecule is CCNS(=O)(=O)c1ccc(N)c(N(CCOC)C2CC2)c1. The van der Waals surface area contributed by atoms with Gasteiger partial charge in [0.25, 0.3) is 0 Å². The van der Waals surface area contributed by atoms with Crippen LogP contribution in [0.2, 0.25) is 0 Å². The summed E-state index contributed by atoms with van der Waals surface area (Å²) >= 11 is 0. The van der Waals surface area contributed by atoms with E-state index in [1.54, 1.807) is 26.2 Å². The van der Waals surface area contributed by atoms with Gasteiger partial charge in [-0.3, -0.25) is 0 Å². The van der Waals surface area contributed by atoms with Crippen molar-refractivity contribution in [2.75, 3.05) is 37.4 Å². The average Bonchev–Trinajstić information content (AvgIpc) is 3.25. The summed E-state index contributed by atoms with van der Waals surface area (Å²) in [7, 11) is -1.82. The third-order valence-electron chi connectivity index (χ3n) is 3.48. The maximum Gasteiger partial charge on any atom is 0.240 e. The second-order valence-corrected chi connectivity index (χ2v) is 6.91. The predicted molar refractivity (Wildman–Crippen MR) is 84.0 cm³/mol. The quantitative estimate of drug-likeness (QED) is 0.704. The number of ether oxygens (including phenoxy) is 1. The molecule has 1 fully saturated rings. The molecule has 0 aromatic heterocycles. The van der Waals surface area contributed by atoms with Crippen LogP contribution in [0.1, 0.15) is 19.8 Å². The van der Waals surface area contributed by atoms with Crippen molar-refractivity contribution < 1.29 is 13.2 Å². The van der Waals surface area contributed by atoms with Gasteiger partial charge in [0, 0.05) is 26.2 Å². The highest BCUT2D eigenvalue weighted by molar-refractivity contribution is 7.89. The molecule has 1 aromatic rings. The Labute approximate surface area is 126 Å². The lowest BCUT2D eigenvalue weighted by Crippen LogP contribution is -2.30. The number of methoxy groups -OCH3 is 1. The summed E-state index contributed by atoms with van der Waals surface area (Å²) in [5, 5.41) is 0. The van der Waals surface area contributed by atoms with E-state index in [9.17, 15) is 8.42 Å². The van der Waals surface area contributed by atoms with Crippen molar-refractivity contribution in [3.05, 3.63) is 18.2 Å². The predicted octanol–water partition coefficient (Wildman–Crippen LogP) is 1.18. The van der Waals surface area contributed by atoms with E-state index in [0.29, 0.717) is 31.4 Å². The third-order valence-corrected chi connectivity index (χ3v) is 5.02. The Bertz CT molecular complexity index is 585. The number of anilines is 2. The van der Waals surface area contributed by atoms with Gasteiger partial charge in [0.15, 0.2) is 0 Å². The molecule has 0 spiro atoms. The van der Waals surface area contributed by atoms with Gasteiger partial charge < -0.3 is 15.4 Å². The lowest BCUT2D eigenvalue weighted by Gasteiger charge is -2.26. The molecular weight excluding hydrogens is 290 g/mol. The van der Waals surface area contributed by atoms with Crippen LogP contribution < -0.4 is 15.4 Å². The first kappa shape index (κ1) is 16.1. The lowest BCUT2D eigenvalue weighted by molar-refractivity contribution is 0.205. The lowest BCUT2D eigenvalue weighted by atomic mass is 10.2. The Hall–Kier alpha value is -1.31. The molecule has 0 radical (unpaired) electrons. The molecule has 0 bridgehead atoms. The molecule has 6 nitrogen and oxygen atoms in total. The Kier molecular flexibility index (Phi) is 5.08. The summed E-state index contributed by atoms with van der Waals surface area (Å²) in [6.07, 6.45) is 2.21. The van der Waals surface area contributed by atoms with Gasteiger partial charge in [-0.25, -0.2) is 13.1 Å². The second-order valence-electron chi connectivity index (χ2n) is 5.14. The molecule has 118 valence electrons. The van der Waals surface area contributed by atoms with E-state index in [1.807, 2.05) is 0 Å². The van der Waals surface area contributed by atoms with Crippen molar-refractivity contribution in [2.24, 2.45) is 0 Å². The molecule has 21 heavy (non-hydrogen) atoms. The van der Waals surface area contributed by atoms with Crippen LogP contribution in [-0.2, 0) is 14.8 Å². The van der Waals surface area contributed by atoms with E-state index in [0.717, 1.165) is 18.5 Å². The van der Waals surface area contributed by atoms with Crippen molar-refractivity contribution in [1.82, 2.24) is 4.72 Å². The van der Waals surface area contributed by atoms with E-state index in [1.165, 1.54) is 6.07 Å². The fourth-order valence-corrected chi connectivity index (χ4v) is 3.35. The number of sulfonamides is 1. The van der Waals surface area contributed by atoms with Crippen molar-refractivity contribution in [1.29, 1.82) is 0 Å². The molecular formula is C14H23N3O3S. The smallest absolute Gasteiger partial charge is 0.240 e. The molecule has 1 aromatic carbocycles. The number of nitrogen functional groups attached to an aromatic ring is 1. The number of benzene rings is 1. The zero-order chi connectivity index (χ0) is 15.5. The minimum absolute atomic E-state index is 0.247. The van der Waals surface area contributed by atoms with E-state index >= 15 is 0 Å². The molecule has 2 rings (SSSR count). The Morgan fingerprint density at radius 1 is 1.43 bits per heavy atom. The van der Waals surface area contributed by atoms with Crippen molar-refractivity contribution in [2.45, 2.75) is 30.7 Å². The molecule has 0 heterocycles. The Morgan fingerprint density at radius 3 is 2.71 bits per heavy atom. The van der Waals surface area contributed by atoms with Gasteiger partial charge in [-0.2, -0.15) is 0 Å². The van der Waals surface area contributed by atoms with Gasteiger partial charge in [-0.05, 0) is 31.0 Å². The summed E-state index contributed by atoms with van der Waals surface area (Å²) in [4.78, 5) is 2.39. The molecule has 3 N–H and O–H groups in total. The molecule has 1 aliphatic carbocycles. The van der Waals surface area contributed by atoms with Gasteiger partial charge in [0.2, 0.25) is 10.0 Å². The van der Waals surface area contributed by atoms with E-state index in [4.69, 9.17) is 10.5 Å². The van der Waals surface area contributed by atoms with Crippen LogP contribution in [-0.4, -0.2) is 41.3 Å². The number of nitrogens with two attached hydrogens (primary N) is 1. The first-order valence-electron chi connectivity index (χ1n) is 7.14. The van der Waals surface area contributed by atoms with Crippen LogP contribution >= 0.6 is 0 Å². The monoisotopic (exact) mass is 313 g/mol. The molecule has 7 heteroatoms. The zero-order valence-electron chi connectivity index (χ0n) is 12.5. The standard InChI is InChI=1S/C14H23N3O3S/c1-3-16-21(18,19)12-6-7-13(15)14(10-12)17(8-9-20-2)11-4-5-11/h6-7,10-11,16H,3-5,8-9,15H2,1-2H3. The molecule has 0 unspecified atom stereocenters. The van der Waals surface area contributed by atoms with Gasteiger partial charge in [0.05, 0.1) is 22.9 Å². The number of hydrogen-bond acceptors (Lipinski definition) is 5. The fraction of sp³-hybridized carbons (Fsp3) is 0.571. The van der Waals surface area contributed by atoms with Crippen LogP contribution in [0, 0.1) is 0 Å². The molecule has 0 atom stereocenters. The van der Waals surface area contributed by atoms with Crippen LogP contribution in [0.4, 0.5) is 11.4 Å². The highest BCUT2D eigenvalue weighted by atomic mass is 32.2. The van der Waals surface area contributed by atoms with Crippen LogP contribution in [0.15, 0.2) is 23.1 Å². The molecule has 0 aliphatic heterocycles. The highest BCUT2D eigenvalue weighted by Crippen LogP contribution is 2.35. The largest absolute Gasteiger partial charge is 0.397 e. The highest BCUT2D eigenvalue weighted by Gasteiger charge is 2.30. The maximum absolute atomic E-state index is 12.1. The normalized spacial score (nSPS) is 15.1. The number of nitrogens with zero attached hydrogens (tertiary/aromatic N) is 1. The molecule has 1 saturated carbocycles. The van der Waals surface area contributed by atoms with Crippen molar-refractivity contribution >= 4 is 21.4 Å². The fourth-order valence-electron chi connectivity index (χ4n) is 2.29. The van der Waals surface area contributed by atoms with Crippen LogP contribution in [0.3, 0.4) is 0 Å². The maximum atomic E-state index is 12.1. The number of rotatable bonds is 8. The summed E-state index contributed by atoms with van der Waals surface area (Å²) in [6.45, 7) is 3.40. The Balaban J connectivity index is 2.33. The molecule has 1 aliphatic rings. The first-order valence-corrected chi connectivity index (χ1v) is 8.62. The zero-order valence-corrected chi connectivity index (χ0v) is 13.3. The third kappa shape index (κ3) is 3.87. The average molecular weight is 313 g/mol. The molecule has 0 saturated heterocycles. The molecule has 0 amide bonds. The van der Waals surface area contributed by atoms with Gasteiger partial charge in [-0.1, -0.05) is 6.92 Å². The Morgan fingerprint density at radius 2 is 2.14 bits per heavy atom. The van der Waals surface area contributed by atoms with Crippen LogP contribution in [0.5, 0.6) is 0 Å². The van der Waals surface area contributed by atoms with Gasteiger partial charge >= 0.3 is 0 Å². The van der Waals surface area contributed by atoms with Crippen molar-refractivity contribution in [3.63, 3.8) is 0 Å². The summed E-state index contributed by atoms with van der Waals surface area (Å²) in [5.41, 5.74) is 7.41. The topological polar surface area (TPSA) is 84.7 Å². The van der Waals surface area contributed by atoms with E-state index < -0.39 is 10.0 Å². The van der Waals surface area contributed by atoms with Crippen LogP contribution in [0.25, 0.3) is 0 Å². The van der Waals surface area contributed by atoms with E-state index in [2.05, 4.69) is 9.62 Å². The number of nitrogens with one attached hydrogen (secondary N) is 1. The van der Waals surface area contributed by atoms with Gasteiger partial charge in [-0.15, -0.1) is 0 Å². The second kappa shape index (κ2) is 6.64. The van der Waals surface area contributed by atoms with Gasteiger partial charge in [0.1, 0.15) is 0 Å². The summed E-state index contributed by atoms with van der Waals surface area (Å²) < 4.78 is 31.9.